The van der Waals surface area contributed by atoms with Gasteiger partial charge in [0.2, 0.25) is 11.4 Å². The summed E-state index contributed by atoms with van der Waals surface area (Å²) in [6.07, 6.45) is 0. The highest BCUT2D eigenvalue weighted by molar-refractivity contribution is 7.17. The third-order valence-electron chi connectivity index (χ3n) is 2.55. The van der Waals surface area contributed by atoms with Gasteiger partial charge in [0.1, 0.15) is 4.70 Å². The van der Waals surface area contributed by atoms with Crippen LogP contribution in [0.3, 0.4) is 0 Å². The van der Waals surface area contributed by atoms with E-state index in [0.29, 0.717) is 16.5 Å². The Hall–Kier alpha value is -1.65. The normalized spacial score (nSPS) is 12.2. The quantitative estimate of drug-likeness (QED) is 0.679. The van der Waals surface area contributed by atoms with Gasteiger partial charge in [0.25, 0.3) is 0 Å². The Balaban J connectivity index is 2.26. The number of nitrogens with zero attached hydrogens (tertiary/aromatic N) is 2. The van der Waals surface area contributed by atoms with Gasteiger partial charge in [-0.25, -0.2) is 4.98 Å². The fourth-order valence-corrected chi connectivity index (χ4v) is 2.61. The van der Waals surface area contributed by atoms with Crippen molar-refractivity contribution in [1.29, 1.82) is 0 Å². The van der Waals surface area contributed by atoms with E-state index in [4.69, 9.17) is 16.0 Å². The number of thiophene rings is 1. The van der Waals surface area contributed by atoms with Crippen molar-refractivity contribution in [1.82, 2.24) is 4.98 Å². The zero-order chi connectivity index (χ0) is 12.5. The van der Waals surface area contributed by atoms with Crippen molar-refractivity contribution in [3.05, 3.63) is 46.3 Å². The standard InChI is InChI=1S/C13H9ClN2OS/c1-15-13-11-10(6-7-18-11)16-12(17-13)8-2-4-9(14)5-3-8/h2-7H,1H3. The molecule has 0 bridgehead atoms. The average molecular weight is 277 g/mol. The van der Waals surface area contributed by atoms with E-state index in [1.165, 1.54) is 0 Å². The van der Waals surface area contributed by atoms with Crippen LogP contribution in [0.25, 0.3) is 21.7 Å². The number of hydrogen-bond donors (Lipinski definition) is 0. The van der Waals surface area contributed by atoms with Gasteiger partial charge in [-0.1, -0.05) is 11.6 Å². The van der Waals surface area contributed by atoms with E-state index in [2.05, 4.69) is 9.98 Å². The molecule has 18 heavy (non-hydrogen) atoms. The second-order valence-corrected chi connectivity index (χ2v) is 5.04. The van der Waals surface area contributed by atoms with Crippen molar-refractivity contribution in [2.75, 3.05) is 7.05 Å². The summed E-state index contributed by atoms with van der Waals surface area (Å²) in [5, 5.41) is 2.67. The SMILES string of the molecule is CN=c1oc(-c2ccc(Cl)cc2)nc2ccsc12. The molecular formula is C13H9ClN2OS. The Morgan fingerprint density at radius 1 is 1.22 bits per heavy atom. The van der Waals surface area contributed by atoms with Crippen molar-refractivity contribution in [2.24, 2.45) is 4.99 Å². The lowest BCUT2D eigenvalue weighted by Crippen LogP contribution is -2.02. The van der Waals surface area contributed by atoms with E-state index in [0.717, 1.165) is 15.8 Å². The topological polar surface area (TPSA) is 38.4 Å². The summed E-state index contributed by atoms with van der Waals surface area (Å²) in [4.78, 5) is 8.64. The number of benzene rings is 1. The first-order valence-electron chi connectivity index (χ1n) is 5.35. The molecule has 0 aliphatic rings. The van der Waals surface area contributed by atoms with E-state index in [-0.39, 0.29) is 0 Å². The molecule has 0 aliphatic carbocycles. The molecule has 5 heteroatoms. The molecule has 2 aromatic heterocycles. The van der Waals surface area contributed by atoms with Crippen LogP contribution in [-0.2, 0) is 0 Å². The lowest BCUT2D eigenvalue weighted by molar-refractivity contribution is 0.503. The zero-order valence-electron chi connectivity index (χ0n) is 9.55. The third kappa shape index (κ3) is 1.94. The van der Waals surface area contributed by atoms with Crippen molar-refractivity contribution < 1.29 is 4.42 Å². The third-order valence-corrected chi connectivity index (χ3v) is 3.69. The maximum Gasteiger partial charge on any atom is 0.236 e. The van der Waals surface area contributed by atoms with Crippen molar-refractivity contribution >= 4 is 33.2 Å². The monoisotopic (exact) mass is 276 g/mol. The number of fused-ring (bicyclic) bond motifs is 1. The van der Waals surface area contributed by atoms with Crippen molar-refractivity contribution in [3.8, 4) is 11.5 Å². The molecule has 0 spiro atoms. The fourth-order valence-electron chi connectivity index (χ4n) is 1.68. The molecule has 0 saturated heterocycles. The van der Waals surface area contributed by atoms with Crippen LogP contribution >= 0.6 is 22.9 Å². The molecule has 0 N–H and O–H groups in total. The molecular weight excluding hydrogens is 268 g/mol. The minimum atomic E-state index is 0.554. The average Bonchev–Trinajstić information content (AvgIpc) is 2.86. The van der Waals surface area contributed by atoms with Crippen LogP contribution in [0.1, 0.15) is 0 Å². The van der Waals surface area contributed by atoms with E-state index in [9.17, 15) is 0 Å². The van der Waals surface area contributed by atoms with Crippen LogP contribution in [-0.4, -0.2) is 12.0 Å². The Morgan fingerprint density at radius 3 is 2.72 bits per heavy atom. The second-order valence-electron chi connectivity index (χ2n) is 3.69. The predicted molar refractivity (Wildman–Crippen MR) is 73.8 cm³/mol. The van der Waals surface area contributed by atoms with Crippen LogP contribution in [0.4, 0.5) is 0 Å². The Bertz CT molecular complexity index is 759. The number of rotatable bonds is 1. The molecule has 0 unspecified atom stereocenters. The second kappa shape index (κ2) is 4.55. The van der Waals surface area contributed by atoms with Crippen molar-refractivity contribution in [2.45, 2.75) is 0 Å². The van der Waals surface area contributed by atoms with Gasteiger partial charge in [-0.2, -0.15) is 0 Å². The largest absolute Gasteiger partial charge is 0.419 e. The van der Waals surface area contributed by atoms with Crippen molar-refractivity contribution in [3.63, 3.8) is 0 Å². The van der Waals surface area contributed by atoms with Crippen LogP contribution in [0.5, 0.6) is 0 Å². The smallest absolute Gasteiger partial charge is 0.236 e. The predicted octanol–water partition coefficient (Wildman–Crippen LogP) is 3.74. The van der Waals surface area contributed by atoms with Crippen LogP contribution < -0.4 is 5.55 Å². The van der Waals surface area contributed by atoms with Gasteiger partial charge in [-0.05, 0) is 35.7 Å². The van der Waals surface area contributed by atoms with Gasteiger partial charge in [-0.3, -0.25) is 4.99 Å². The molecule has 0 amide bonds. The highest BCUT2D eigenvalue weighted by atomic mass is 35.5. The summed E-state index contributed by atoms with van der Waals surface area (Å²) in [7, 11) is 1.71. The lowest BCUT2D eigenvalue weighted by atomic mass is 10.2. The Kier molecular flexibility index (Phi) is 2.89. The van der Waals surface area contributed by atoms with Crippen LogP contribution in [0.2, 0.25) is 5.02 Å². The molecule has 0 fully saturated rings. The maximum atomic E-state index is 5.87. The molecule has 0 saturated carbocycles. The number of halogens is 1. The zero-order valence-corrected chi connectivity index (χ0v) is 11.1. The van der Waals surface area contributed by atoms with Crippen LogP contribution in [0.15, 0.2) is 45.1 Å². The first-order chi connectivity index (χ1) is 8.78. The van der Waals surface area contributed by atoms with E-state index >= 15 is 0 Å². The van der Waals surface area contributed by atoms with E-state index in [1.807, 2.05) is 35.7 Å². The summed E-state index contributed by atoms with van der Waals surface area (Å²) in [6, 6.07) is 9.35. The number of hydrogen-bond acceptors (Lipinski definition) is 4. The minimum absolute atomic E-state index is 0.554. The van der Waals surface area contributed by atoms with Gasteiger partial charge in [0.05, 0.1) is 5.52 Å². The molecule has 0 aliphatic heterocycles. The Labute approximate surface area is 112 Å². The van der Waals surface area contributed by atoms with Gasteiger partial charge in [0.15, 0.2) is 0 Å². The minimum Gasteiger partial charge on any atom is -0.419 e. The highest BCUT2D eigenvalue weighted by Crippen LogP contribution is 2.22. The molecule has 3 nitrogen and oxygen atoms in total. The molecule has 0 radical (unpaired) electrons. The van der Waals surface area contributed by atoms with Crippen LogP contribution in [0, 0.1) is 0 Å². The Morgan fingerprint density at radius 2 is 2.00 bits per heavy atom. The lowest BCUT2D eigenvalue weighted by Gasteiger charge is -2.00. The number of aromatic nitrogens is 1. The molecule has 3 rings (SSSR count). The first kappa shape index (κ1) is 11.4. The summed E-state index contributed by atoms with van der Waals surface area (Å²) in [5.74, 6) is 0.554. The van der Waals surface area contributed by atoms with Gasteiger partial charge < -0.3 is 4.42 Å². The fraction of sp³-hybridized carbons (Fsp3) is 0.0769. The maximum absolute atomic E-state index is 5.87. The summed E-state index contributed by atoms with van der Waals surface area (Å²) < 4.78 is 6.68. The highest BCUT2D eigenvalue weighted by Gasteiger charge is 2.07. The van der Waals surface area contributed by atoms with E-state index in [1.54, 1.807) is 18.4 Å². The summed E-state index contributed by atoms with van der Waals surface area (Å²) in [6.45, 7) is 0. The summed E-state index contributed by atoms with van der Waals surface area (Å²) >= 11 is 7.44. The first-order valence-corrected chi connectivity index (χ1v) is 6.61. The summed E-state index contributed by atoms with van der Waals surface area (Å²) in [5.41, 5.74) is 2.40. The van der Waals surface area contributed by atoms with Gasteiger partial charge in [0, 0.05) is 17.6 Å². The molecule has 1 aromatic carbocycles. The molecule has 0 atom stereocenters. The van der Waals surface area contributed by atoms with E-state index < -0.39 is 0 Å². The van der Waals surface area contributed by atoms with Gasteiger partial charge in [-0.15, -0.1) is 11.3 Å². The van der Waals surface area contributed by atoms with Gasteiger partial charge >= 0.3 is 0 Å². The molecule has 3 aromatic rings. The molecule has 2 heterocycles. The molecule has 90 valence electrons.